The molecule has 0 saturated carbocycles. The number of carboxylic acid groups (broad SMARTS) is 1. The Morgan fingerprint density at radius 2 is 1.89 bits per heavy atom. The van der Waals surface area contributed by atoms with Crippen LogP contribution in [-0.2, 0) is 13.0 Å². The van der Waals surface area contributed by atoms with Gasteiger partial charge in [0.05, 0.1) is 12.1 Å². The lowest BCUT2D eigenvalue weighted by molar-refractivity contribution is 0.0673. The van der Waals surface area contributed by atoms with E-state index in [1.807, 2.05) is 33.8 Å². The average molecular weight is 371 g/mol. The van der Waals surface area contributed by atoms with Crippen LogP contribution in [0.1, 0.15) is 82.8 Å². The van der Waals surface area contributed by atoms with E-state index in [-0.39, 0.29) is 41.3 Å². The molecule has 0 radical (unpaired) electrons. The molecular formula is C20H25N3O4. The topological polar surface area (TPSA) is 107 Å². The third-order valence-electron chi connectivity index (χ3n) is 5.10. The Kier molecular flexibility index (Phi) is 4.95. The number of benzene rings is 1. The highest BCUT2D eigenvalue weighted by Gasteiger charge is 2.30. The number of hydrogen-bond acceptors (Lipinski definition) is 4. The van der Waals surface area contributed by atoms with Crippen molar-refractivity contribution in [2.45, 2.75) is 52.5 Å². The summed E-state index contributed by atoms with van der Waals surface area (Å²) in [5, 5.41) is 26.6. The maximum atomic E-state index is 13.2. The van der Waals surface area contributed by atoms with Crippen LogP contribution in [0.3, 0.4) is 0 Å². The Labute approximate surface area is 158 Å². The normalized spacial score (nSPS) is 13.9. The molecule has 2 heterocycles. The quantitative estimate of drug-likeness (QED) is 0.765. The van der Waals surface area contributed by atoms with Gasteiger partial charge in [-0.15, -0.1) is 0 Å². The van der Waals surface area contributed by atoms with Gasteiger partial charge < -0.3 is 15.1 Å². The second-order valence-electron chi connectivity index (χ2n) is 7.63. The van der Waals surface area contributed by atoms with Gasteiger partial charge in [-0.25, -0.2) is 4.79 Å². The fraction of sp³-hybridized carbons (Fsp3) is 0.450. The van der Waals surface area contributed by atoms with E-state index in [0.29, 0.717) is 18.5 Å². The molecule has 0 unspecified atom stereocenters. The molecule has 7 heteroatoms. The van der Waals surface area contributed by atoms with Gasteiger partial charge in [-0.05, 0) is 29.0 Å². The smallest absolute Gasteiger partial charge is 0.356 e. The van der Waals surface area contributed by atoms with Crippen molar-refractivity contribution in [3.8, 4) is 5.75 Å². The lowest BCUT2D eigenvalue weighted by atomic mass is 9.91. The van der Waals surface area contributed by atoms with E-state index < -0.39 is 5.97 Å². The van der Waals surface area contributed by atoms with E-state index in [2.05, 4.69) is 10.2 Å². The Bertz CT molecular complexity index is 899. The first-order chi connectivity index (χ1) is 12.7. The first kappa shape index (κ1) is 18.9. The van der Waals surface area contributed by atoms with Gasteiger partial charge in [0.15, 0.2) is 5.69 Å². The minimum Gasteiger partial charge on any atom is -0.507 e. The molecule has 0 spiro atoms. The van der Waals surface area contributed by atoms with Gasteiger partial charge in [0, 0.05) is 24.2 Å². The molecule has 144 valence electrons. The number of rotatable bonds is 4. The predicted octanol–water partition coefficient (Wildman–Crippen LogP) is 3.26. The Morgan fingerprint density at radius 3 is 2.48 bits per heavy atom. The maximum Gasteiger partial charge on any atom is 0.356 e. The highest BCUT2D eigenvalue weighted by atomic mass is 16.4. The number of carbonyl (C=O) groups excluding carboxylic acids is 1. The maximum absolute atomic E-state index is 13.2. The number of carbonyl (C=O) groups is 2. The molecule has 1 amide bonds. The zero-order valence-electron chi connectivity index (χ0n) is 16.0. The standard InChI is InChI=1S/C20H25N3O4/c1-10(2)12-7-13(11(3)4)18(24)14(8-12)19(25)23-6-5-16-15(9-23)17(20(26)27)22-21-16/h7-8,10-11,24H,5-6,9H2,1-4H3,(H,21,22)(H,26,27). The number of phenolic OH excluding ortho intramolecular Hbond substituents is 1. The molecule has 3 N–H and O–H groups in total. The van der Waals surface area contributed by atoms with Gasteiger partial charge >= 0.3 is 5.97 Å². The fourth-order valence-electron chi connectivity index (χ4n) is 3.43. The summed E-state index contributed by atoms with van der Waals surface area (Å²) < 4.78 is 0. The highest BCUT2D eigenvalue weighted by Crippen LogP contribution is 2.34. The fourth-order valence-corrected chi connectivity index (χ4v) is 3.43. The van der Waals surface area contributed by atoms with Crippen LogP contribution in [0.4, 0.5) is 0 Å². The van der Waals surface area contributed by atoms with Crippen molar-refractivity contribution in [3.05, 3.63) is 45.8 Å². The Balaban J connectivity index is 1.99. The van der Waals surface area contributed by atoms with E-state index >= 15 is 0 Å². The third kappa shape index (κ3) is 3.41. The summed E-state index contributed by atoms with van der Waals surface area (Å²) >= 11 is 0. The number of fused-ring (bicyclic) bond motifs is 1. The lowest BCUT2D eigenvalue weighted by Crippen LogP contribution is -2.36. The van der Waals surface area contributed by atoms with Crippen molar-refractivity contribution >= 4 is 11.9 Å². The van der Waals surface area contributed by atoms with Crippen LogP contribution in [-0.4, -0.2) is 43.7 Å². The molecule has 0 aliphatic carbocycles. The van der Waals surface area contributed by atoms with Crippen molar-refractivity contribution in [1.82, 2.24) is 15.1 Å². The molecular weight excluding hydrogens is 346 g/mol. The molecule has 1 aliphatic rings. The van der Waals surface area contributed by atoms with Crippen molar-refractivity contribution in [2.75, 3.05) is 6.54 Å². The SMILES string of the molecule is CC(C)c1cc(C(=O)N2CCc3[nH]nc(C(=O)O)c3C2)c(O)c(C(C)C)c1. The molecule has 0 atom stereocenters. The van der Waals surface area contributed by atoms with Crippen LogP contribution in [0.5, 0.6) is 5.75 Å². The number of nitrogens with zero attached hydrogens (tertiary/aromatic N) is 2. The van der Waals surface area contributed by atoms with Crippen LogP contribution in [0.2, 0.25) is 0 Å². The molecule has 0 saturated heterocycles. The number of phenols is 1. The zero-order valence-corrected chi connectivity index (χ0v) is 16.0. The number of amides is 1. The molecule has 3 rings (SSSR count). The second kappa shape index (κ2) is 7.06. The van der Waals surface area contributed by atoms with E-state index in [1.54, 1.807) is 11.0 Å². The highest BCUT2D eigenvalue weighted by molar-refractivity contribution is 5.98. The van der Waals surface area contributed by atoms with Crippen molar-refractivity contribution < 1.29 is 19.8 Å². The summed E-state index contributed by atoms with van der Waals surface area (Å²) in [5.41, 5.74) is 3.24. The summed E-state index contributed by atoms with van der Waals surface area (Å²) in [7, 11) is 0. The lowest BCUT2D eigenvalue weighted by Gasteiger charge is -2.28. The van der Waals surface area contributed by atoms with Gasteiger partial charge in [-0.3, -0.25) is 9.89 Å². The second-order valence-corrected chi connectivity index (χ2v) is 7.63. The van der Waals surface area contributed by atoms with Crippen LogP contribution in [0, 0.1) is 0 Å². The number of hydrogen-bond donors (Lipinski definition) is 3. The summed E-state index contributed by atoms with van der Waals surface area (Å²) in [4.78, 5) is 26.1. The average Bonchev–Trinajstić information content (AvgIpc) is 3.04. The van der Waals surface area contributed by atoms with Gasteiger partial charge in [-0.1, -0.05) is 33.8 Å². The summed E-state index contributed by atoms with van der Waals surface area (Å²) in [6.07, 6.45) is 0.503. The summed E-state index contributed by atoms with van der Waals surface area (Å²) in [5.74, 6) is -1.10. The Hall–Kier alpha value is -2.83. The number of aromatic carboxylic acids is 1. The molecule has 0 fully saturated rings. The molecule has 2 aromatic rings. The Morgan fingerprint density at radius 1 is 1.19 bits per heavy atom. The van der Waals surface area contributed by atoms with Crippen LogP contribution >= 0.6 is 0 Å². The van der Waals surface area contributed by atoms with E-state index in [4.69, 9.17) is 0 Å². The van der Waals surface area contributed by atoms with Crippen LogP contribution in [0.25, 0.3) is 0 Å². The molecule has 1 aliphatic heterocycles. The molecule has 0 bridgehead atoms. The number of aromatic nitrogens is 2. The van der Waals surface area contributed by atoms with Crippen molar-refractivity contribution in [1.29, 1.82) is 0 Å². The monoisotopic (exact) mass is 371 g/mol. The van der Waals surface area contributed by atoms with Crippen LogP contribution in [0.15, 0.2) is 12.1 Å². The number of H-pyrrole nitrogens is 1. The first-order valence-electron chi connectivity index (χ1n) is 9.16. The van der Waals surface area contributed by atoms with Gasteiger partial charge in [0.2, 0.25) is 0 Å². The van der Waals surface area contributed by atoms with E-state index in [0.717, 1.165) is 16.8 Å². The van der Waals surface area contributed by atoms with E-state index in [9.17, 15) is 19.8 Å². The van der Waals surface area contributed by atoms with Gasteiger partial charge in [0.25, 0.3) is 5.91 Å². The minimum absolute atomic E-state index is 0.0100. The molecule has 27 heavy (non-hydrogen) atoms. The minimum atomic E-state index is -1.12. The zero-order chi connectivity index (χ0) is 19.9. The number of aromatic amines is 1. The van der Waals surface area contributed by atoms with Gasteiger partial charge in [0.1, 0.15) is 5.75 Å². The van der Waals surface area contributed by atoms with Crippen molar-refractivity contribution in [3.63, 3.8) is 0 Å². The van der Waals surface area contributed by atoms with Crippen LogP contribution < -0.4 is 0 Å². The first-order valence-corrected chi connectivity index (χ1v) is 9.16. The largest absolute Gasteiger partial charge is 0.507 e. The predicted molar refractivity (Wildman–Crippen MR) is 100 cm³/mol. The van der Waals surface area contributed by atoms with Crippen molar-refractivity contribution in [2.24, 2.45) is 0 Å². The number of nitrogens with one attached hydrogen (secondary N) is 1. The summed E-state index contributed by atoms with van der Waals surface area (Å²) in [6.45, 7) is 8.64. The molecule has 1 aromatic carbocycles. The summed E-state index contributed by atoms with van der Waals surface area (Å²) in [6, 6.07) is 3.70. The number of aromatic hydroxyl groups is 1. The third-order valence-corrected chi connectivity index (χ3v) is 5.10. The van der Waals surface area contributed by atoms with Gasteiger partial charge in [-0.2, -0.15) is 5.10 Å². The molecule has 1 aromatic heterocycles. The van der Waals surface area contributed by atoms with E-state index in [1.165, 1.54) is 0 Å². The molecule has 7 nitrogen and oxygen atoms in total. The number of carboxylic acids is 1.